The van der Waals surface area contributed by atoms with Gasteiger partial charge in [0.25, 0.3) is 0 Å². The molecule has 0 atom stereocenters. The SMILES string of the molecule is c1cc2ccc3cc(-n4c5cc(-c6ccc7ccc8cccc9ccc6c7c89)cc6ccc7cc(-c8ccc9ccc%10cccc%11ccc8c9c%10%11)cc4c7c65)cc4ccc(c1)c2c34. The van der Waals surface area contributed by atoms with E-state index in [1.807, 2.05) is 0 Å². The minimum Gasteiger partial charge on any atom is -0.309 e. The van der Waals surface area contributed by atoms with E-state index in [0.29, 0.717) is 0 Å². The van der Waals surface area contributed by atoms with Gasteiger partial charge in [-0.2, -0.15) is 0 Å². The molecule has 0 fully saturated rings. The first-order valence-corrected chi connectivity index (χ1v) is 22.1. The third-order valence-corrected chi connectivity index (χ3v) is 14.9. The third-order valence-electron chi connectivity index (χ3n) is 14.9. The quantitative estimate of drug-likeness (QED) is 0.157. The van der Waals surface area contributed by atoms with Crippen molar-refractivity contribution in [2.24, 2.45) is 0 Å². The van der Waals surface area contributed by atoms with Crippen LogP contribution in [0, 0.1) is 0 Å². The van der Waals surface area contributed by atoms with E-state index >= 15 is 0 Å². The topological polar surface area (TPSA) is 4.93 Å². The maximum atomic E-state index is 2.58. The molecule has 1 heteroatoms. The second kappa shape index (κ2) is 11.4. The number of hydrogen-bond acceptors (Lipinski definition) is 0. The highest BCUT2D eigenvalue weighted by atomic mass is 15.0. The molecule has 0 saturated heterocycles. The van der Waals surface area contributed by atoms with Gasteiger partial charge in [-0.3, -0.25) is 0 Å². The van der Waals surface area contributed by atoms with Crippen LogP contribution in [0.4, 0.5) is 0 Å². The molecule has 0 saturated carbocycles. The molecule has 0 unspecified atom stereocenters. The van der Waals surface area contributed by atoms with Crippen LogP contribution < -0.4 is 0 Å². The Bertz CT molecular complexity index is 4290. The van der Waals surface area contributed by atoms with Crippen LogP contribution in [0.1, 0.15) is 0 Å². The number of nitrogens with zero attached hydrogens (tertiary/aromatic N) is 1. The zero-order chi connectivity index (χ0) is 40.7. The van der Waals surface area contributed by atoms with Gasteiger partial charge < -0.3 is 4.57 Å². The van der Waals surface area contributed by atoms with Crippen LogP contribution in [0.3, 0.4) is 0 Å². The third kappa shape index (κ3) is 4.13. The van der Waals surface area contributed by atoms with E-state index in [0.717, 1.165) is 0 Å². The van der Waals surface area contributed by atoms with Crippen LogP contribution in [0.25, 0.3) is 157 Å². The summed E-state index contributed by atoms with van der Waals surface area (Å²) in [6.07, 6.45) is 0. The maximum Gasteiger partial charge on any atom is 0.0553 e. The van der Waals surface area contributed by atoms with E-state index in [1.165, 1.54) is 157 Å². The normalized spacial score (nSPS) is 12.8. The Hall–Kier alpha value is -8.26. The van der Waals surface area contributed by atoms with Crippen molar-refractivity contribution in [3.05, 3.63) is 200 Å². The van der Waals surface area contributed by atoms with Crippen LogP contribution in [0.15, 0.2) is 200 Å². The second-order valence-corrected chi connectivity index (χ2v) is 18.0. The van der Waals surface area contributed by atoms with E-state index in [2.05, 4.69) is 205 Å². The molecular formula is C62H33N. The largest absolute Gasteiger partial charge is 0.309 e. The molecule has 0 aliphatic rings. The standard InChI is InChI=1S/C62H33N/c1-4-34-14-16-44-30-48(31-45-17-15-35(5-1)55(34)58(44)45)63-53-32-46(49-24-20-40-12-10-36-6-2-8-38-22-26-51(49)59(40)56(36)38)28-42-18-19-43-29-47(33-54(63)62(43)61(42)53)50-25-21-41-13-11-37-7-3-9-39-23-27-52(50)60(41)57(37)39/h1-33H. The van der Waals surface area contributed by atoms with E-state index in [-0.39, 0.29) is 0 Å². The number of rotatable bonds is 3. The molecule has 0 aliphatic carbocycles. The second-order valence-electron chi connectivity index (χ2n) is 18.0. The van der Waals surface area contributed by atoms with Crippen LogP contribution in [0.2, 0.25) is 0 Å². The van der Waals surface area contributed by atoms with Gasteiger partial charge in [0.2, 0.25) is 0 Å². The van der Waals surface area contributed by atoms with E-state index in [1.54, 1.807) is 0 Å². The molecule has 0 aliphatic heterocycles. The molecule has 63 heavy (non-hydrogen) atoms. The smallest absolute Gasteiger partial charge is 0.0553 e. The Morgan fingerprint density at radius 3 is 0.937 bits per heavy atom. The van der Waals surface area contributed by atoms with Crippen molar-refractivity contribution >= 4 is 130 Å². The molecule has 0 N–H and O–H groups in total. The summed E-state index contributed by atoms with van der Waals surface area (Å²) >= 11 is 0. The van der Waals surface area contributed by atoms with Gasteiger partial charge in [-0.05, 0) is 166 Å². The molecule has 0 radical (unpaired) electrons. The van der Waals surface area contributed by atoms with Crippen molar-refractivity contribution in [1.29, 1.82) is 0 Å². The first-order valence-electron chi connectivity index (χ1n) is 22.1. The van der Waals surface area contributed by atoms with Gasteiger partial charge in [0.05, 0.1) is 11.0 Å². The minimum absolute atomic E-state index is 1.18. The van der Waals surface area contributed by atoms with Gasteiger partial charge in [-0.25, -0.2) is 0 Å². The fourth-order valence-corrected chi connectivity index (χ4v) is 12.2. The lowest BCUT2D eigenvalue weighted by atomic mass is 9.88. The Labute approximate surface area is 360 Å². The van der Waals surface area contributed by atoms with Gasteiger partial charge in [-0.1, -0.05) is 164 Å². The van der Waals surface area contributed by atoms with Crippen molar-refractivity contribution in [1.82, 2.24) is 4.57 Å². The van der Waals surface area contributed by atoms with Gasteiger partial charge in [-0.15, -0.1) is 0 Å². The summed E-state index contributed by atoms with van der Waals surface area (Å²) in [7, 11) is 0. The fourth-order valence-electron chi connectivity index (χ4n) is 12.2. The number of aromatic nitrogens is 1. The average Bonchev–Trinajstić information content (AvgIpc) is 3.67. The van der Waals surface area contributed by atoms with Crippen molar-refractivity contribution in [2.75, 3.05) is 0 Å². The summed E-state index contributed by atoms with van der Waals surface area (Å²) in [5.74, 6) is 0. The Morgan fingerprint density at radius 2 is 0.524 bits per heavy atom. The van der Waals surface area contributed by atoms with Crippen LogP contribution in [-0.2, 0) is 0 Å². The molecule has 16 rings (SSSR count). The number of benzene rings is 15. The molecule has 0 spiro atoms. The van der Waals surface area contributed by atoms with Crippen molar-refractivity contribution in [3.8, 4) is 27.9 Å². The predicted molar refractivity (Wildman–Crippen MR) is 271 cm³/mol. The monoisotopic (exact) mass is 791 g/mol. The lowest BCUT2D eigenvalue weighted by Gasteiger charge is -2.16. The average molecular weight is 792 g/mol. The van der Waals surface area contributed by atoms with E-state index < -0.39 is 0 Å². The zero-order valence-corrected chi connectivity index (χ0v) is 34.0. The van der Waals surface area contributed by atoms with Crippen LogP contribution >= 0.6 is 0 Å². The van der Waals surface area contributed by atoms with Gasteiger partial charge >= 0.3 is 0 Å². The molecule has 15 aromatic carbocycles. The van der Waals surface area contributed by atoms with Gasteiger partial charge in [0, 0.05) is 16.5 Å². The maximum absolute atomic E-state index is 2.58. The molecule has 16 aromatic rings. The Balaban J connectivity index is 1.03. The Morgan fingerprint density at radius 1 is 0.222 bits per heavy atom. The summed E-state index contributed by atoms with van der Waals surface area (Å²) in [4.78, 5) is 0. The first kappa shape index (κ1) is 32.5. The summed E-state index contributed by atoms with van der Waals surface area (Å²) in [6, 6.07) is 76.4. The van der Waals surface area contributed by atoms with Crippen LogP contribution in [0.5, 0.6) is 0 Å². The molecule has 0 bridgehead atoms. The van der Waals surface area contributed by atoms with E-state index in [9.17, 15) is 0 Å². The van der Waals surface area contributed by atoms with Crippen molar-refractivity contribution in [3.63, 3.8) is 0 Å². The number of hydrogen-bond donors (Lipinski definition) is 0. The van der Waals surface area contributed by atoms with Gasteiger partial charge in [0.1, 0.15) is 0 Å². The van der Waals surface area contributed by atoms with Crippen molar-refractivity contribution in [2.45, 2.75) is 0 Å². The highest BCUT2D eigenvalue weighted by molar-refractivity contribution is 6.30. The summed E-state index contributed by atoms with van der Waals surface area (Å²) in [5.41, 5.74) is 8.64. The Kier molecular flexibility index (Phi) is 5.86. The molecule has 1 aromatic heterocycles. The molecule has 0 amide bonds. The summed E-state index contributed by atoms with van der Waals surface area (Å²) < 4.78 is 2.58. The molecular weight excluding hydrogens is 759 g/mol. The minimum atomic E-state index is 1.18. The van der Waals surface area contributed by atoms with Crippen molar-refractivity contribution < 1.29 is 0 Å². The van der Waals surface area contributed by atoms with E-state index in [4.69, 9.17) is 0 Å². The highest BCUT2D eigenvalue weighted by Gasteiger charge is 2.23. The fraction of sp³-hybridized carbons (Fsp3) is 0. The molecule has 286 valence electrons. The van der Waals surface area contributed by atoms with Crippen LogP contribution in [-0.4, -0.2) is 4.57 Å². The van der Waals surface area contributed by atoms with Gasteiger partial charge in [0.15, 0.2) is 0 Å². The first-order chi connectivity index (χ1) is 31.2. The zero-order valence-electron chi connectivity index (χ0n) is 34.0. The predicted octanol–water partition coefficient (Wildman–Crippen LogP) is 17.4. The lowest BCUT2D eigenvalue weighted by Crippen LogP contribution is -1.96. The summed E-state index contributed by atoms with van der Waals surface area (Å²) in [6.45, 7) is 0. The molecule has 1 nitrogen and oxygen atoms in total. The molecule has 1 heterocycles. The lowest BCUT2D eigenvalue weighted by molar-refractivity contribution is 1.19. The summed E-state index contributed by atoms with van der Waals surface area (Å²) in [5, 5.41) is 28.7. The highest BCUT2D eigenvalue weighted by Crippen LogP contribution is 2.48.